The van der Waals surface area contributed by atoms with E-state index >= 15 is 0 Å². The van der Waals surface area contributed by atoms with E-state index in [1.54, 1.807) is 0 Å². The number of furan rings is 3. The summed E-state index contributed by atoms with van der Waals surface area (Å²) in [5, 5.41) is 12.4. The molecule has 0 fully saturated rings. The van der Waals surface area contributed by atoms with Crippen LogP contribution in [0.15, 0.2) is 183 Å². The van der Waals surface area contributed by atoms with Gasteiger partial charge in [0.25, 0.3) is 0 Å². The van der Waals surface area contributed by atoms with Gasteiger partial charge in [0.1, 0.15) is 27.9 Å². The van der Waals surface area contributed by atoms with Crippen LogP contribution in [-0.2, 0) is 0 Å². The van der Waals surface area contributed by atoms with Gasteiger partial charge in [-0.25, -0.2) is 0 Å². The summed E-state index contributed by atoms with van der Waals surface area (Å²) in [5.74, 6) is 0. The number of benzene rings is 9. The van der Waals surface area contributed by atoms with Crippen LogP contribution in [0.2, 0.25) is 0 Å². The maximum absolute atomic E-state index is 6.85. The summed E-state index contributed by atoms with van der Waals surface area (Å²) in [6.45, 7) is 0. The highest BCUT2D eigenvalue weighted by Crippen LogP contribution is 2.49. The molecule has 0 saturated carbocycles. The van der Waals surface area contributed by atoms with Crippen LogP contribution in [0.4, 0.5) is 0 Å². The van der Waals surface area contributed by atoms with Gasteiger partial charge in [-0.2, -0.15) is 0 Å². The van der Waals surface area contributed by atoms with Crippen molar-refractivity contribution in [2.24, 2.45) is 0 Å². The SMILES string of the molecule is c1ccc2cc(-c3coc4c3ccc3oc5c(-c6c7ccccc7c(-c7cccc8c7oc7ccccc78)c7ccccc67)cccc5c34)ccc2c1. The van der Waals surface area contributed by atoms with Gasteiger partial charge in [-0.15, -0.1) is 0 Å². The normalized spacial score (nSPS) is 12.2. The molecule has 3 heterocycles. The van der Waals surface area contributed by atoms with E-state index in [-0.39, 0.29) is 0 Å². The van der Waals surface area contributed by atoms with Gasteiger partial charge in [0.15, 0.2) is 0 Å². The molecule has 0 unspecified atom stereocenters. The van der Waals surface area contributed by atoms with Gasteiger partial charge < -0.3 is 13.3 Å². The zero-order valence-electron chi connectivity index (χ0n) is 28.4. The zero-order valence-corrected chi connectivity index (χ0v) is 28.4. The first-order valence-corrected chi connectivity index (χ1v) is 18.0. The smallest absolute Gasteiger partial charge is 0.146 e. The molecule has 0 saturated heterocycles. The van der Waals surface area contributed by atoms with Gasteiger partial charge >= 0.3 is 0 Å². The fraction of sp³-hybridized carbons (Fsp3) is 0. The molecule has 3 heteroatoms. The molecule has 0 amide bonds. The molecule has 12 aromatic rings. The van der Waals surface area contributed by atoms with Crippen molar-refractivity contribution in [2.45, 2.75) is 0 Å². The molecule has 53 heavy (non-hydrogen) atoms. The van der Waals surface area contributed by atoms with Crippen LogP contribution < -0.4 is 0 Å². The molecule has 3 nitrogen and oxygen atoms in total. The number of para-hydroxylation sites is 3. The van der Waals surface area contributed by atoms with E-state index in [0.29, 0.717) is 0 Å². The topological polar surface area (TPSA) is 39.4 Å². The maximum atomic E-state index is 6.85. The van der Waals surface area contributed by atoms with Crippen molar-refractivity contribution in [1.82, 2.24) is 0 Å². The first-order chi connectivity index (χ1) is 26.3. The average molecular weight is 677 g/mol. The molecular weight excluding hydrogens is 649 g/mol. The fourth-order valence-electron chi connectivity index (χ4n) is 8.80. The van der Waals surface area contributed by atoms with Crippen LogP contribution in [0.3, 0.4) is 0 Å². The highest BCUT2D eigenvalue weighted by atomic mass is 16.3. The number of fused-ring (bicyclic) bond motifs is 11. The van der Waals surface area contributed by atoms with Crippen molar-refractivity contribution in [1.29, 1.82) is 0 Å². The van der Waals surface area contributed by atoms with Crippen LogP contribution in [0.25, 0.3) is 121 Å². The van der Waals surface area contributed by atoms with E-state index in [1.165, 1.54) is 16.3 Å². The average Bonchev–Trinajstić information content (AvgIpc) is 3.93. The Bertz CT molecular complexity index is 3410. The Morgan fingerprint density at radius 2 is 0.887 bits per heavy atom. The van der Waals surface area contributed by atoms with E-state index in [0.717, 1.165) is 104 Å². The molecule has 12 rings (SSSR count). The third-order valence-corrected chi connectivity index (χ3v) is 11.1. The number of hydrogen-bond donors (Lipinski definition) is 0. The molecule has 9 aromatic carbocycles. The first kappa shape index (κ1) is 28.6. The van der Waals surface area contributed by atoms with Gasteiger partial charge in [-0.3, -0.25) is 0 Å². The van der Waals surface area contributed by atoms with Crippen molar-refractivity contribution >= 4 is 87.2 Å². The molecule has 0 atom stereocenters. The molecule has 0 bridgehead atoms. The third kappa shape index (κ3) is 3.99. The summed E-state index contributed by atoms with van der Waals surface area (Å²) in [7, 11) is 0. The molecule has 0 aliphatic heterocycles. The molecule has 0 aliphatic rings. The van der Waals surface area contributed by atoms with Crippen LogP contribution in [0, 0.1) is 0 Å². The van der Waals surface area contributed by atoms with Crippen LogP contribution in [0.5, 0.6) is 0 Å². The van der Waals surface area contributed by atoms with Crippen LogP contribution in [0.1, 0.15) is 0 Å². The van der Waals surface area contributed by atoms with Gasteiger partial charge in [-0.1, -0.05) is 140 Å². The molecule has 0 N–H and O–H groups in total. The minimum absolute atomic E-state index is 0.807. The lowest BCUT2D eigenvalue weighted by Crippen LogP contribution is -1.91. The van der Waals surface area contributed by atoms with E-state index in [2.05, 4.69) is 152 Å². The Balaban J connectivity index is 1.12. The van der Waals surface area contributed by atoms with E-state index < -0.39 is 0 Å². The lowest BCUT2D eigenvalue weighted by atomic mass is 9.85. The lowest BCUT2D eigenvalue weighted by Gasteiger charge is -2.18. The minimum atomic E-state index is 0.807. The predicted molar refractivity (Wildman–Crippen MR) is 220 cm³/mol. The van der Waals surface area contributed by atoms with E-state index in [9.17, 15) is 0 Å². The molecule has 246 valence electrons. The Hall–Kier alpha value is -7.10. The predicted octanol–water partition coefficient (Wildman–Crippen LogP) is 14.7. The molecule has 0 aliphatic carbocycles. The Morgan fingerprint density at radius 1 is 0.321 bits per heavy atom. The molecule has 3 aromatic heterocycles. The quantitative estimate of drug-likeness (QED) is 0.175. The van der Waals surface area contributed by atoms with Crippen molar-refractivity contribution in [3.05, 3.63) is 170 Å². The Morgan fingerprint density at radius 3 is 1.60 bits per heavy atom. The largest absolute Gasteiger partial charge is 0.463 e. The van der Waals surface area contributed by atoms with Crippen molar-refractivity contribution in [2.75, 3.05) is 0 Å². The zero-order chi connectivity index (χ0) is 34.6. The van der Waals surface area contributed by atoms with Gasteiger partial charge in [0, 0.05) is 49.4 Å². The number of rotatable bonds is 3. The summed E-state index contributed by atoms with van der Waals surface area (Å²) in [6.07, 6.45) is 1.89. The van der Waals surface area contributed by atoms with Gasteiger partial charge in [-0.05, 0) is 62.1 Å². The maximum Gasteiger partial charge on any atom is 0.146 e. The van der Waals surface area contributed by atoms with Crippen LogP contribution in [-0.4, -0.2) is 0 Å². The number of hydrogen-bond acceptors (Lipinski definition) is 3. The Labute approximate surface area is 302 Å². The summed E-state index contributed by atoms with van der Waals surface area (Å²) < 4.78 is 19.9. The van der Waals surface area contributed by atoms with Crippen LogP contribution >= 0.6 is 0 Å². The minimum Gasteiger partial charge on any atom is -0.463 e. The summed E-state index contributed by atoms with van der Waals surface area (Å²) in [5.41, 5.74) is 10.9. The second-order valence-electron chi connectivity index (χ2n) is 13.9. The lowest BCUT2D eigenvalue weighted by molar-refractivity contribution is 0.619. The van der Waals surface area contributed by atoms with Crippen molar-refractivity contribution in [3.63, 3.8) is 0 Å². The first-order valence-electron chi connectivity index (χ1n) is 18.0. The van der Waals surface area contributed by atoms with E-state index in [4.69, 9.17) is 13.3 Å². The van der Waals surface area contributed by atoms with Crippen molar-refractivity contribution < 1.29 is 13.3 Å². The highest BCUT2D eigenvalue weighted by Gasteiger charge is 2.23. The summed E-state index contributed by atoms with van der Waals surface area (Å²) in [4.78, 5) is 0. The van der Waals surface area contributed by atoms with Crippen molar-refractivity contribution in [3.8, 4) is 33.4 Å². The molecule has 0 radical (unpaired) electrons. The second-order valence-corrected chi connectivity index (χ2v) is 13.9. The molecular formula is C50H28O3. The fourth-order valence-corrected chi connectivity index (χ4v) is 8.80. The Kier molecular flexibility index (Phi) is 5.77. The van der Waals surface area contributed by atoms with E-state index in [1.807, 2.05) is 18.4 Å². The molecule has 0 spiro atoms. The van der Waals surface area contributed by atoms with Gasteiger partial charge in [0.2, 0.25) is 0 Å². The standard InChI is InChI=1S/C50H28O3/c1-2-12-30-27-31(24-23-29(30)11-1)42-28-51-50-38(42)25-26-44-47(50)41-21-10-20-40(49(41)53-44)46-35-16-5-3-14-33(35)45(34-15-4-6-17-36(34)46)39-19-9-18-37-32-13-7-8-22-43(32)52-48(37)39/h1-28H. The monoisotopic (exact) mass is 676 g/mol. The third-order valence-electron chi connectivity index (χ3n) is 11.1. The second kappa shape index (κ2) is 10.7. The van der Waals surface area contributed by atoms with Gasteiger partial charge in [0.05, 0.1) is 11.6 Å². The summed E-state index contributed by atoms with van der Waals surface area (Å²) >= 11 is 0. The summed E-state index contributed by atoms with van der Waals surface area (Å²) in [6, 6.07) is 58.0. The highest BCUT2D eigenvalue weighted by molar-refractivity contribution is 6.27.